The van der Waals surface area contributed by atoms with E-state index in [0.717, 1.165) is 109 Å². The molecule has 1 aliphatic rings. The Morgan fingerprint density at radius 1 is 0.455 bits per heavy atom. The number of carbonyl (C=O) groups is 1. The van der Waals surface area contributed by atoms with E-state index in [2.05, 4.69) is 129 Å². The van der Waals surface area contributed by atoms with Gasteiger partial charge in [0.2, 0.25) is 5.91 Å². The van der Waals surface area contributed by atoms with Crippen molar-refractivity contribution in [1.29, 1.82) is 0 Å². The maximum atomic E-state index is 13.1. The number of hydrogen-bond donors (Lipinski definition) is 6. The van der Waals surface area contributed by atoms with Crippen molar-refractivity contribution in [2.45, 2.75) is 288 Å². The molecule has 0 aliphatic carbocycles. The van der Waals surface area contributed by atoms with Gasteiger partial charge < -0.3 is 40.3 Å². The van der Waals surface area contributed by atoms with Gasteiger partial charge in [-0.3, -0.25) is 4.79 Å². The maximum Gasteiger partial charge on any atom is 0.220 e. The van der Waals surface area contributed by atoms with Crippen molar-refractivity contribution in [3.63, 3.8) is 0 Å². The van der Waals surface area contributed by atoms with Crippen LogP contribution in [0.1, 0.15) is 245 Å². The minimum absolute atomic E-state index is 0.187. The molecule has 1 heterocycles. The van der Waals surface area contributed by atoms with E-state index >= 15 is 0 Å². The average molecular weight is 1070 g/mol. The summed E-state index contributed by atoms with van der Waals surface area (Å²) in [5.41, 5.74) is 0. The third-order valence-corrected chi connectivity index (χ3v) is 14.0. The lowest BCUT2D eigenvalue weighted by atomic mass is 9.99. The highest BCUT2D eigenvalue weighted by atomic mass is 16.7. The Morgan fingerprint density at radius 2 is 0.805 bits per heavy atom. The van der Waals surface area contributed by atoms with Gasteiger partial charge in [-0.15, -0.1) is 0 Å². The van der Waals surface area contributed by atoms with Crippen LogP contribution in [-0.2, 0) is 14.3 Å². The summed E-state index contributed by atoms with van der Waals surface area (Å²) in [5.74, 6) is -0.187. The number of amides is 1. The summed E-state index contributed by atoms with van der Waals surface area (Å²) in [6, 6.07) is -0.817. The summed E-state index contributed by atoms with van der Waals surface area (Å²) in [7, 11) is 0. The van der Waals surface area contributed by atoms with Gasteiger partial charge in [-0.1, -0.05) is 270 Å². The van der Waals surface area contributed by atoms with Crippen molar-refractivity contribution in [2.24, 2.45) is 0 Å². The Labute approximate surface area is 471 Å². The number of ether oxygens (including phenoxy) is 2. The van der Waals surface area contributed by atoms with E-state index in [-0.39, 0.29) is 12.5 Å². The van der Waals surface area contributed by atoms with E-state index < -0.39 is 49.5 Å². The molecule has 1 aliphatic heterocycles. The second-order valence-electron chi connectivity index (χ2n) is 21.1. The van der Waals surface area contributed by atoms with Crippen molar-refractivity contribution >= 4 is 5.91 Å². The number of allylic oxidation sites excluding steroid dienone is 19. The van der Waals surface area contributed by atoms with Gasteiger partial charge in [0.15, 0.2) is 6.29 Å². The van der Waals surface area contributed by atoms with Crippen LogP contribution >= 0.6 is 0 Å². The Kier molecular flexibility index (Phi) is 52.0. The third-order valence-electron chi connectivity index (χ3n) is 14.0. The maximum absolute atomic E-state index is 13.1. The fourth-order valence-electron chi connectivity index (χ4n) is 9.15. The Balaban J connectivity index is 2.18. The molecule has 1 rings (SSSR count). The molecule has 77 heavy (non-hydrogen) atoms. The second kappa shape index (κ2) is 55.9. The van der Waals surface area contributed by atoms with Crippen molar-refractivity contribution in [2.75, 3.05) is 13.2 Å². The zero-order valence-electron chi connectivity index (χ0n) is 48.9. The first kappa shape index (κ1) is 71.6. The van der Waals surface area contributed by atoms with Crippen LogP contribution in [0.5, 0.6) is 0 Å². The molecule has 7 atom stereocenters. The minimum atomic E-state index is -1.57. The predicted molar refractivity (Wildman–Crippen MR) is 327 cm³/mol. The van der Waals surface area contributed by atoms with Crippen LogP contribution in [0.3, 0.4) is 0 Å². The zero-order chi connectivity index (χ0) is 55.8. The molecule has 1 amide bonds. The second-order valence-corrected chi connectivity index (χ2v) is 21.1. The first-order chi connectivity index (χ1) is 37.8. The van der Waals surface area contributed by atoms with Crippen LogP contribution < -0.4 is 5.32 Å². The van der Waals surface area contributed by atoms with E-state index in [1.165, 1.54) is 116 Å². The molecule has 1 saturated heterocycles. The quantitative estimate of drug-likeness (QED) is 0.0261. The number of hydrogen-bond acceptors (Lipinski definition) is 8. The lowest BCUT2D eigenvalue weighted by Crippen LogP contribution is -2.60. The molecule has 9 heteroatoms. The topological polar surface area (TPSA) is 149 Å². The molecule has 0 aromatic carbocycles. The van der Waals surface area contributed by atoms with Crippen molar-refractivity contribution in [3.05, 3.63) is 122 Å². The number of aliphatic hydroxyl groups is 5. The minimum Gasteiger partial charge on any atom is -0.394 e. The van der Waals surface area contributed by atoms with E-state index in [0.29, 0.717) is 6.42 Å². The normalized spacial score (nSPS) is 19.6. The number of rotatable bonds is 52. The molecular weight excluding hydrogens is 959 g/mol. The van der Waals surface area contributed by atoms with Crippen LogP contribution in [0.4, 0.5) is 0 Å². The summed E-state index contributed by atoms with van der Waals surface area (Å²) >= 11 is 0. The third kappa shape index (κ3) is 45.1. The summed E-state index contributed by atoms with van der Waals surface area (Å²) in [6.45, 7) is 3.66. The van der Waals surface area contributed by atoms with Crippen molar-refractivity contribution in [1.82, 2.24) is 5.32 Å². The number of nitrogens with one attached hydrogen (secondary N) is 1. The van der Waals surface area contributed by atoms with E-state index in [9.17, 15) is 30.3 Å². The highest BCUT2D eigenvalue weighted by Crippen LogP contribution is 2.23. The molecule has 9 nitrogen and oxygen atoms in total. The smallest absolute Gasteiger partial charge is 0.220 e. The van der Waals surface area contributed by atoms with Crippen LogP contribution in [-0.4, -0.2) is 87.5 Å². The Bertz CT molecular complexity index is 1620. The summed E-state index contributed by atoms with van der Waals surface area (Å²) < 4.78 is 11.3. The molecule has 0 spiro atoms. The van der Waals surface area contributed by atoms with Crippen LogP contribution in [0, 0.1) is 0 Å². The van der Waals surface area contributed by atoms with Gasteiger partial charge in [-0.2, -0.15) is 0 Å². The Morgan fingerprint density at radius 3 is 1.19 bits per heavy atom. The van der Waals surface area contributed by atoms with Gasteiger partial charge in [0.05, 0.1) is 25.4 Å². The molecule has 0 aromatic rings. The zero-order valence-corrected chi connectivity index (χ0v) is 48.9. The fourth-order valence-corrected chi connectivity index (χ4v) is 9.15. The Hall–Kier alpha value is -3.41. The summed E-state index contributed by atoms with van der Waals surface area (Å²) in [6.07, 6.45) is 76.9. The first-order valence-corrected chi connectivity index (χ1v) is 31.3. The highest BCUT2D eigenvalue weighted by Gasteiger charge is 2.44. The van der Waals surface area contributed by atoms with Crippen LogP contribution in [0.15, 0.2) is 122 Å². The molecule has 0 radical (unpaired) electrons. The predicted octanol–water partition coefficient (Wildman–Crippen LogP) is 16.3. The van der Waals surface area contributed by atoms with Gasteiger partial charge in [0, 0.05) is 6.42 Å². The van der Waals surface area contributed by atoms with Crippen LogP contribution in [0.25, 0.3) is 0 Å². The van der Waals surface area contributed by atoms with E-state index in [4.69, 9.17) is 9.47 Å². The lowest BCUT2D eigenvalue weighted by molar-refractivity contribution is -0.302. The van der Waals surface area contributed by atoms with Gasteiger partial charge in [0.1, 0.15) is 24.4 Å². The molecular formula is C68H115NO8. The summed E-state index contributed by atoms with van der Waals surface area (Å²) in [4.78, 5) is 13.1. The van der Waals surface area contributed by atoms with Crippen LogP contribution in [0.2, 0.25) is 0 Å². The number of carbonyl (C=O) groups excluding carboxylic acids is 1. The van der Waals surface area contributed by atoms with E-state index in [1.807, 2.05) is 6.08 Å². The van der Waals surface area contributed by atoms with Gasteiger partial charge in [0.25, 0.3) is 0 Å². The molecule has 1 fully saturated rings. The highest BCUT2D eigenvalue weighted by molar-refractivity contribution is 5.76. The molecule has 0 aromatic heterocycles. The largest absolute Gasteiger partial charge is 0.394 e. The van der Waals surface area contributed by atoms with Gasteiger partial charge in [-0.25, -0.2) is 0 Å². The van der Waals surface area contributed by atoms with Crippen molar-refractivity contribution in [3.8, 4) is 0 Å². The monoisotopic (exact) mass is 1070 g/mol. The lowest BCUT2D eigenvalue weighted by Gasteiger charge is -2.40. The van der Waals surface area contributed by atoms with E-state index in [1.54, 1.807) is 6.08 Å². The molecule has 0 bridgehead atoms. The fraction of sp³-hybridized carbons (Fsp3) is 0.691. The standard InChI is InChI=1S/C68H115NO8/c1-3-5-7-9-11-13-15-17-19-21-22-23-24-25-26-27-28-29-30-31-32-33-34-35-36-37-38-39-40-42-44-46-48-50-52-54-56-58-64(72)69-61(60-76-68-67(75)66(74)65(73)63(59-70)77-68)62(71)57-55-53-51-49-47-45-43-41-20-18-16-14-12-10-8-6-4-2/h5,7,11,13,17,19,22-23,25-26,28-29,31-32,34-35,37-38,55,57,61-63,65-68,70-71,73-75H,3-4,6,8-10,12,14-16,18,20-21,24,27,30,33,36,39-54,56,58-60H2,1-2H3,(H,69,72)/b7-5-,13-11-,19-17-,23-22-,26-25-,29-28-,32-31-,35-34-,38-37-,57-55+. The number of unbranched alkanes of at least 4 members (excludes halogenated alkanes) is 24. The molecule has 440 valence electrons. The van der Waals surface area contributed by atoms with Crippen molar-refractivity contribution < 1.29 is 39.8 Å². The average Bonchev–Trinajstić information content (AvgIpc) is 3.43. The summed E-state index contributed by atoms with van der Waals surface area (Å²) in [5, 5.41) is 54.6. The molecule has 0 saturated carbocycles. The van der Waals surface area contributed by atoms with Gasteiger partial charge >= 0.3 is 0 Å². The molecule has 6 N–H and O–H groups in total. The SMILES string of the molecule is CC/C=C\C/C=C\C/C=C\C/C=C\C/C=C\C/C=C\C/C=C\C/C=C\C/C=C\CCCCCCCCCCCC(=O)NC(COC1OC(CO)C(O)C(O)C1O)C(O)/C=C/CCCCCCCCCCCCCCCCC. The molecule has 7 unspecified atom stereocenters. The number of aliphatic hydroxyl groups excluding tert-OH is 5. The van der Waals surface area contributed by atoms with Gasteiger partial charge in [-0.05, 0) is 89.9 Å². The first-order valence-electron chi connectivity index (χ1n) is 31.3.